The molecule has 0 radical (unpaired) electrons. The number of amides is 2. The van der Waals surface area contributed by atoms with Gasteiger partial charge in [-0.15, -0.1) is 0 Å². The summed E-state index contributed by atoms with van der Waals surface area (Å²) in [5.74, 6) is -1.23. The summed E-state index contributed by atoms with van der Waals surface area (Å²) in [6, 6.07) is 5.05. The Morgan fingerprint density at radius 1 is 1.31 bits per heavy atom. The zero-order chi connectivity index (χ0) is 23.8. The average molecular weight is 469 g/mol. The van der Waals surface area contributed by atoms with Gasteiger partial charge in [0, 0.05) is 6.54 Å². The van der Waals surface area contributed by atoms with Crippen molar-refractivity contribution in [1.29, 1.82) is 0 Å². The van der Waals surface area contributed by atoms with Crippen LogP contribution >= 0.6 is 11.6 Å². The Morgan fingerprint density at radius 2 is 2.00 bits per heavy atom. The van der Waals surface area contributed by atoms with Gasteiger partial charge < -0.3 is 16.0 Å². The number of rotatable bonds is 2. The molecule has 3 N–H and O–H groups in total. The number of nitrogens with zero attached hydrogens (tertiary/aromatic N) is 2. The van der Waals surface area contributed by atoms with Gasteiger partial charge in [0.1, 0.15) is 5.82 Å². The van der Waals surface area contributed by atoms with Crippen molar-refractivity contribution >= 4 is 34.9 Å². The fraction of sp³-hybridized carbons (Fsp3) is 0.409. The van der Waals surface area contributed by atoms with E-state index in [-0.39, 0.29) is 12.5 Å². The van der Waals surface area contributed by atoms with E-state index in [4.69, 9.17) is 17.3 Å². The monoisotopic (exact) mass is 468 g/mol. The van der Waals surface area contributed by atoms with Crippen molar-refractivity contribution < 1.29 is 22.8 Å². The number of nitrogens with one attached hydrogen (secondary N) is 1. The van der Waals surface area contributed by atoms with E-state index in [1.807, 2.05) is 6.92 Å². The minimum atomic E-state index is -4.59. The third kappa shape index (κ3) is 4.67. The van der Waals surface area contributed by atoms with Gasteiger partial charge >= 0.3 is 18.0 Å². The fourth-order valence-electron chi connectivity index (χ4n) is 3.91. The second-order valence-electron chi connectivity index (χ2n) is 8.41. The van der Waals surface area contributed by atoms with E-state index in [2.05, 4.69) is 10.3 Å². The lowest BCUT2D eigenvalue weighted by Gasteiger charge is -2.47. The van der Waals surface area contributed by atoms with E-state index >= 15 is 0 Å². The summed E-state index contributed by atoms with van der Waals surface area (Å²) in [6.07, 6.45) is -2.03. The van der Waals surface area contributed by atoms with Gasteiger partial charge in [0.25, 0.3) is 0 Å². The first kappa shape index (κ1) is 23.8. The van der Waals surface area contributed by atoms with Crippen LogP contribution in [-0.4, -0.2) is 28.2 Å². The summed E-state index contributed by atoms with van der Waals surface area (Å²) in [4.78, 5) is 31.3. The molecule has 2 atom stereocenters. The largest absolute Gasteiger partial charge is 0.417 e. The molecule has 2 aromatic rings. The predicted octanol–water partition coefficient (Wildman–Crippen LogP) is 4.76. The highest BCUT2D eigenvalue weighted by atomic mass is 35.5. The van der Waals surface area contributed by atoms with Crippen molar-refractivity contribution in [1.82, 2.24) is 9.88 Å². The van der Waals surface area contributed by atoms with Crippen LogP contribution in [0.5, 0.6) is 0 Å². The van der Waals surface area contributed by atoms with Crippen LogP contribution in [-0.2, 0) is 21.3 Å². The molecule has 172 valence electrons. The number of pyridine rings is 1. The number of nitrogen functional groups attached to an aromatic ring is 1. The minimum Gasteiger partial charge on any atom is -0.383 e. The van der Waals surface area contributed by atoms with Gasteiger partial charge in [0.2, 0.25) is 0 Å². The van der Waals surface area contributed by atoms with E-state index in [0.717, 1.165) is 12.5 Å². The number of carbonyl (C=O) groups is 2. The minimum absolute atomic E-state index is 0.116. The van der Waals surface area contributed by atoms with E-state index in [0.29, 0.717) is 29.1 Å². The molecule has 1 aliphatic rings. The third-order valence-corrected chi connectivity index (χ3v) is 6.24. The van der Waals surface area contributed by atoms with Crippen LogP contribution in [0.15, 0.2) is 30.5 Å². The molecule has 1 aromatic carbocycles. The van der Waals surface area contributed by atoms with Gasteiger partial charge in [0.15, 0.2) is 0 Å². The van der Waals surface area contributed by atoms with E-state index in [9.17, 15) is 22.8 Å². The predicted molar refractivity (Wildman–Crippen MR) is 116 cm³/mol. The maximum Gasteiger partial charge on any atom is 0.417 e. The zero-order valence-electron chi connectivity index (χ0n) is 17.9. The molecule has 0 spiro atoms. The summed E-state index contributed by atoms with van der Waals surface area (Å²) in [7, 11) is 0. The number of aryl methyl sites for hydroxylation is 1. The molecule has 1 aliphatic heterocycles. The highest BCUT2D eigenvalue weighted by molar-refractivity contribution is 6.39. The van der Waals surface area contributed by atoms with Crippen molar-refractivity contribution in [3.63, 3.8) is 0 Å². The molecular weight excluding hydrogens is 445 g/mol. The van der Waals surface area contributed by atoms with E-state index in [1.54, 1.807) is 19.9 Å². The molecule has 1 aromatic heterocycles. The standard InChI is InChI=1S/C22H24ClF3N4O2/c1-12-6-7-21(3,14-4-5-16(17(23)9-14)22(24,25)26)30(11-12)20(32)19(31)29-15-8-13(2)18(27)28-10-15/h4-5,8-10,12H,6-7,11H2,1-3H3,(H2,27,28)(H,29,31)/t12-,21-/m0/s1. The number of carbonyl (C=O) groups excluding carboxylic acids is 2. The number of nitrogens with two attached hydrogens (primary N) is 1. The smallest absolute Gasteiger partial charge is 0.383 e. The van der Waals surface area contributed by atoms with Crippen LogP contribution < -0.4 is 11.1 Å². The number of anilines is 2. The molecular formula is C22H24ClF3N4O2. The molecule has 1 saturated heterocycles. The molecule has 0 unspecified atom stereocenters. The lowest BCUT2D eigenvalue weighted by atomic mass is 9.78. The van der Waals surface area contributed by atoms with Crippen molar-refractivity contribution in [2.24, 2.45) is 5.92 Å². The van der Waals surface area contributed by atoms with Crippen LogP contribution in [0.25, 0.3) is 0 Å². The summed E-state index contributed by atoms with van der Waals surface area (Å²) in [5, 5.41) is 2.08. The molecule has 0 aliphatic carbocycles. The number of halogens is 4. The first-order valence-corrected chi connectivity index (χ1v) is 10.4. The fourth-order valence-corrected chi connectivity index (χ4v) is 4.20. The highest BCUT2D eigenvalue weighted by Gasteiger charge is 2.44. The quantitative estimate of drug-likeness (QED) is 0.622. The van der Waals surface area contributed by atoms with Crippen LogP contribution in [0.3, 0.4) is 0 Å². The molecule has 0 bridgehead atoms. The second-order valence-corrected chi connectivity index (χ2v) is 8.81. The summed E-state index contributed by atoms with van der Waals surface area (Å²) < 4.78 is 39.4. The molecule has 1 fully saturated rings. The Labute approximate surface area is 188 Å². The lowest BCUT2D eigenvalue weighted by Crippen LogP contribution is -2.55. The Morgan fingerprint density at radius 3 is 2.59 bits per heavy atom. The van der Waals surface area contributed by atoms with E-state index < -0.39 is 34.1 Å². The second kappa shape index (κ2) is 8.61. The van der Waals surface area contributed by atoms with Gasteiger partial charge in [-0.3, -0.25) is 9.59 Å². The van der Waals surface area contributed by atoms with Crippen LogP contribution in [0.2, 0.25) is 5.02 Å². The number of hydrogen-bond donors (Lipinski definition) is 2. The third-order valence-electron chi connectivity index (χ3n) is 5.93. The number of aromatic nitrogens is 1. The Kier molecular flexibility index (Phi) is 6.42. The number of hydrogen-bond acceptors (Lipinski definition) is 4. The normalized spacial score (nSPS) is 21.3. The van der Waals surface area contributed by atoms with Crippen molar-refractivity contribution in [3.8, 4) is 0 Å². The average Bonchev–Trinajstić information content (AvgIpc) is 2.71. The zero-order valence-corrected chi connectivity index (χ0v) is 18.6. The molecule has 6 nitrogen and oxygen atoms in total. The molecule has 2 amide bonds. The van der Waals surface area contributed by atoms with Crippen molar-refractivity contribution in [3.05, 3.63) is 52.2 Å². The van der Waals surface area contributed by atoms with Gasteiger partial charge in [0.05, 0.1) is 28.0 Å². The maximum atomic E-state index is 13.2. The molecule has 0 saturated carbocycles. The van der Waals surface area contributed by atoms with Crippen LogP contribution in [0, 0.1) is 12.8 Å². The molecule has 10 heteroatoms. The number of piperidine rings is 1. The van der Waals surface area contributed by atoms with Crippen LogP contribution in [0.1, 0.15) is 43.4 Å². The summed E-state index contributed by atoms with van der Waals surface area (Å²) in [6.45, 7) is 5.68. The Balaban J connectivity index is 1.91. The summed E-state index contributed by atoms with van der Waals surface area (Å²) in [5.41, 5.74) is 5.14. The number of likely N-dealkylation sites (tertiary alicyclic amines) is 1. The Bertz CT molecular complexity index is 1060. The maximum absolute atomic E-state index is 13.2. The number of alkyl halides is 3. The first-order valence-electron chi connectivity index (χ1n) is 10.0. The molecule has 2 heterocycles. The number of benzene rings is 1. The lowest BCUT2D eigenvalue weighted by molar-refractivity contribution is -0.150. The van der Waals surface area contributed by atoms with Crippen molar-refractivity contribution in [2.45, 2.75) is 45.3 Å². The highest BCUT2D eigenvalue weighted by Crippen LogP contribution is 2.42. The SMILES string of the molecule is Cc1cc(NC(=O)C(=O)N2C[C@@H](C)CC[C@@]2(C)c2ccc(C(F)(F)F)c(Cl)c2)cnc1N. The van der Waals surface area contributed by atoms with Gasteiger partial charge in [-0.25, -0.2) is 4.98 Å². The first-order chi connectivity index (χ1) is 14.8. The van der Waals surface area contributed by atoms with Gasteiger partial charge in [-0.2, -0.15) is 13.2 Å². The van der Waals surface area contributed by atoms with Gasteiger partial charge in [-0.05, 0) is 61.9 Å². The van der Waals surface area contributed by atoms with Gasteiger partial charge in [-0.1, -0.05) is 24.6 Å². The van der Waals surface area contributed by atoms with Crippen molar-refractivity contribution in [2.75, 3.05) is 17.6 Å². The molecule has 3 rings (SSSR count). The molecule has 32 heavy (non-hydrogen) atoms. The summed E-state index contributed by atoms with van der Waals surface area (Å²) >= 11 is 5.93. The Hall–Kier alpha value is -2.81. The van der Waals surface area contributed by atoms with E-state index in [1.165, 1.54) is 23.2 Å². The van der Waals surface area contributed by atoms with Crippen LogP contribution in [0.4, 0.5) is 24.7 Å². The topological polar surface area (TPSA) is 88.3 Å².